The van der Waals surface area contributed by atoms with E-state index < -0.39 is 0 Å². The van der Waals surface area contributed by atoms with Gasteiger partial charge in [-0.15, -0.1) is 0 Å². The molecule has 0 fully saturated rings. The first-order valence-corrected chi connectivity index (χ1v) is 4.48. The number of hydrogen-bond acceptors (Lipinski definition) is 2. The number of hydrogen-bond donors (Lipinski definition) is 0. The lowest BCUT2D eigenvalue weighted by Gasteiger charge is -2.04. The second-order valence-electron chi connectivity index (χ2n) is 2.75. The molecule has 0 radical (unpaired) electrons. The van der Waals surface area contributed by atoms with Gasteiger partial charge in [0.1, 0.15) is 6.10 Å². The van der Waals surface area contributed by atoms with E-state index in [0.717, 1.165) is 12.8 Å². The minimum absolute atomic E-state index is 0.257. The number of nitrogens with zero attached hydrogens (tertiary/aromatic N) is 1. The summed E-state index contributed by atoms with van der Waals surface area (Å²) in [4.78, 5) is 5.11. The van der Waals surface area contributed by atoms with Crippen LogP contribution in [0.2, 0.25) is 0 Å². The molecule has 0 aromatic carbocycles. The Labute approximate surface area is 69.6 Å². The molecule has 1 unspecified atom stereocenters. The normalized spacial score (nSPS) is 13.7. The highest BCUT2D eigenvalue weighted by atomic mass is 16.6. The van der Waals surface area contributed by atoms with Gasteiger partial charge < -0.3 is 4.84 Å². The van der Waals surface area contributed by atoms with E-state index in [1.165, 1.54) is 12.8 Å². The van der Waals surface area contributed by atoms with Crippen molar-refractivity contribution in [3.8, 4) is 0 Å². The molecule has 0 aliphatic carbocycles. The fourth-order valence-corrected chi connectivity index (χ4v) is 0.570. The van der Waals surface area contributed by atoms with E-state index in [-0.39, 0.29) is 6.10 Å². The van der Waals surface area contributed by atoms with Crippen LogP contribution in [0.3, 0.4) is 0 Å². The lowest BCUT2D eigenvalue weighted by molar-refractivity contribution is 0.0707. The summed E-state index contributed by atoms with van der Waals surface area (Å²) >= 11 is 0. The van der Waals surface area contributed by atoms with Crippen LogP contribution in [-0.2, 0) is 4.84 Å². The van der Waals surface area contributed by atoms with Crippen molar-refractivity contribution in [3.05, 3.63) is 0 Å². The molecule has 0 aliphatic rings. The standard InChI is InChI=1S/C9H19NO/c1-4-6-7-8-10-11-9(3)5-2/h8-9H,4-7H2,1-3H3. The highest BCUT2D eigenvalue weighted by molar-refractivity contribution is 5.56. The summed E-state index contributed by atoms with van der Waals surface area (Å²) in [5, 5.41) is 3.85. The zero-order valence-electron chi connectivity index (χ0n) is 7.84. The summed E-state index contributed by atoms with van der Waals surface area (Å²) < 4.78 is 0. The molecule has 0 N–H and O–H groups in total. The van der Waals surface area contributed by atoms with Crippen LogP contribution in [0.15, 0.2) is 5.16 Å². The molecule has 0 amide bonds. The van der Waals surface area contributed by atoms with Crippen molar-refractivity contribution in [2.75, 3.05) is 0 Å². The maximum atomic E-state index is 5.11. The Kier molecular flexibility index (Phi) is 7.21. The first-order valence-electron chi connectivity index (χ1n) is 4.48. The maximum absolute atomic E-state index is 5.11. The van der Waals surface area contributed by atoms with Crippen LogP contribution < -0.4 is 0 Å². The van der Waals surface area contributed by atoms with Gasteiger partial charge >= 0.3 is 0 Å². The summed E-state index contributed by atoms with van der Waals surface area (Å²) in [7, 11) is 0. The third-order valence-corrected chi connectivity index (χ3v) is 1.58. The van der Waals surface area contributed by atoms with Crippen molar-refractivity contribution in [1.29, 1.82) is 0 Å². The Morgan fingerprint density at radius 3 is 2.73 bits per heavy atom. The fraction of sp³-hybridized carbons (Fsp3) is 0.889. The minimum Gasteiger partial charge on any atom is -0.393 e. The van der Waals surface area contributed by atoms with E-state index in [2.05, 4.69) is 19.0 Å². The van der Waals surface area contributed by atoms with Crippen LogP contribution in [0.25, 0.3) is 0 Å². The Bertz CT molecular complexity index is 102. The summed E-state index contributed by atoms with van der Waals surface area (Å²) in [6.45, 7) is 6.28. The molecule has 0 saturated heterocycles. The first kappa shape index (κ1) is 10.5. The molecule has 0 aromatic rings. The lowest BCUT2D eigenvalue weighted by Crippen LogP contribution is -2.00. The van der Waals surface area contributed by atoms with Gasteiger partial charge in [-0.05, 0) is 26.2 Å². The summed E-state index contributed by atoms with van der Waals surface area (Å²) in [5.41, 5.74) is 0. The third-order valence-electron chi connectivity index (χ3n) is 1.58. The summed E-state index contributed by atoms with van der Waals surface area (Å²) in [6, 6.07) is 0. The average Bonchev–Trinajstić information content (AvgIpc) is 2.04. The van der Waals surface area contributed by atoms with E-state index in [9.17, 15) is 0 Å². The van der Waals surface area contributed by atoms with Gasteiger partial charge in [-0.2, -0.15) is 0 Å². The van der Waals surface area contributed by atoms with Gasteiger partial charge in [0.2, 0.25) is 0 Å². The summed E-state index contributed by atoms with van der Waals surface area (Å²) in [6.07, 6.45) is 6.59. The number of rotatable bonds is 6. The lowest BCUT2D eigenvalue weighted by atomic mass is 10.3. The van der Waals surface area contributed by atoms with Gasteiger partial charge in [0, 0.05) is 6.21 Å². The van der Waals surface area contributed by atoms with Crippen LogP contribution in [-0.4, -0.2) is 12.3 Å². The maximum Gasteiger partial charge on any atom is 0.124 e. The topological polar surface area (TPSA) is 21.6 Å². The van der Waals surface area contributed by atoms with Gasteiger partial charge in [0.05, 0.1) is 0 Å². The number of unbranched alkanes of at least 4 members (excludes halogenated alkanes) is 2. The van der Waals surface area contributed by atoms with Crippen molar-refractivity contribution in [3.63, 3.8) is 0 Å². The van der Waals surface area contributed by atoms with Gasteiger partial charge in [-0.25, -0.2) is 0 Å². The van der Waals surface area contributed by atoms with Crippen LogP contribution in [0, 0.1) is 0 Å². The van der Waals surface area contributed by atoms with Crippen LogP contribution >= 0.6 is 0 Å². The molecule has 0 saturated carbocycles. The van der Waals surface area contributed by atoms with Gasteiger partial charge in [-0.3, -0.25) is 0 Å². The monoisotopic (exact) mass is 157 g/mol. The largest absolute Gasteiger partial charge is 0.393 e. The van der Waals surface area contributed by atoms with E-state index >= 15 is 0 Å². The van der Waals surface area contributed by atoms with Gasteiger partial charge in [0.15, 0.2) is 0 Å². The second kappa shape index (κ2) is 7.58. The van der Waals surface area contributed by atoms with Gasteiger partial charge in [-0.1, -0.05) is 25.4 Å². The predicted octanol–water partition coefficient (Wildman–Crippen LogP) is 2.98. The zero-order chi connectivity index (χ0) is 8.53. The highest BCUT2D eigenvalue weighted by Gasteiger charge is 1.93. The molecular weight excluding hydrogens is 138 g/mol. The molecule has 0 aromatic heterocycles. The molecular formula is C9H19NO. The fourth-order valence-electron chi connectivity index (χ4n) is 0.570. The van der Waals surface area contributed by atoms with Crippen molar-refractivity contribution < 1.29 is 4.84 Å². The van der Waals surface area contributed by atoms with E-state index in [1.54, 1.807) is 0 Å². The van der Waals surface area contributed by atoms with E-state index in [4.69, 9.17) is 4.84 Å². The molecule has 0 heterocycles. The summed E-state index contributed by atoms with van der Waals surface area (Å²) in [5.74, 6) is 0. The van der Waals surface area contributed by atoms with Crippen LogP contribution in [0.4, 0.5) is 0 Å². The number of oxime groups is 1. The van der Waals surface area contributed by atoms with Crippen molar-refractivity contribution in [2.45, 2.75) is 52.6 Å². The smallest absolute Gasteiger partial charge is 0.124 e. The Morgan fingerprint density at radius 1 is 1.45 bits per heavy atom. The van der Waals surface area contributed by atoms with E-state index in [1.807, 2.05) is 13.1 Å². The quantitative estimate of drug-likeness (QED) is 0.330. The van der Waals surface area contributed by atoms with Crippen LogP contribution in [0.5, 0.6) is 0 Å². The SMILES string of the molecule is CCCCC=NOC(C)CC. The molecule has 0 spiro atoms. The van der Waals surface area contributed by atoms with Gasteiger partial charge in [0.25, 0.3) is 0 Å². The molecule has 2 heteroatoms. The van der Waals surface area contributed by atoms with Crippen molar-refractivity contribution >= 4 is 6.21 Å². The Hall–Kier alpha value is -0.530. The molecule has 0 rings (SSSR count). The Balaban J connectivity index is 3.15. The average molecular weight is 157 g/mol. The van der Waals surface area contributed by atoms with E-state index in [0.29, 0.717) is 0 Å². The molecule has 0 bridgehead atoms. The first-order chi connectivity index (χ1) is 5.31. The minimum atomic E-state index is 0.257. The molecule has 66 valence electrons. The molecule has 2 nitrogen and oxygen atoms in total. The highest BCUT2D eigenvalue weighted by Crippen LogP contribution is 1.96. The van der Waals surface area contributed by atoms with Crippen molar-refractivity contribution in [2.24, 2.45) is 5.16 Å². The molecule has 0 aliphatic heterocycles. The molecule has 1 atom stereocenters. The second-order valence-corrected chi connectivity index (χ2v) is 2.75. The van der Waals surface area contributed by atoms with Crippen LogP contribution in [0.1, 0.15) is 46.5 Å². The van der Waals surface area contributed by atoms with Crippen molar-refractivity contribution in [1.82, 2.24) is 0 Å². The third kappa shape index (κ3) is 7.37. The Morgan fingerprint density at radius 2 is 2.18 bits per heavy atom. The predicted molar refractivity (Wildman–Crippen MR) is 48.9 cm³/mol. The molecule has 11 heavy (non-hydrogen) atoms. The zero-order valence-corrected chi connectivity index (χ0v) is 7.84.